The number of benzene rings is 1. The van der Waals surface area contributed by atoms with E-state index < -0.39 is 17.8 Å². The molecule has 4 N–H and O–H groups in total. The van der Waals surface area contributed by atoms with E-state index in [4.69, 9.17) is 17.3 Å². The van der Waals surface area contributed by atoms with Crippen molar-refractivity contribution < 1.29 is 13.2 Å². The second-order valence-corrected chi connectivity index (χ2v) is 5.96. The van der Waals surface area contributed by atoms with Gasteiger partial charge in [0.05, 0.1) is 17.3 Å². The lowest BCUT2D eigenvalue weighted by molar-refractivity contribution is -0.137. The molecule has 5 nitrogen and oxygen atoms in total. The Morgan fingerprint density at radius 1 is 1.25 bits per heavy atom. The Kier molecular flexibility index (Phi) is 4.27. The van der Waals surface area contributed by atoms with Crippen molar-refractivity contribution in [3.63, 3.8) is 0 Å². The smallest absolute Gasteiger partial charge is 0.399 e. The maximum atomic E-state index is 12.9. The Hall–Kier alpha value is -2.06. The van der Waals surface area contributed by atoms with Crippen LogP contribution in [0.1, 0.15) is 35.3 Å². The number of rotatable bonds is 3. The third kappa shape index (κ3) is 3.39. The van der Waals surface area contributed by atoms with E-state index in [1.807, 2.05) is 0 Å². The van der Waals surface area contributed by atoms with Crippen molar-refractivity contribution >= 4 is 23.1 Å². The molecule has 3 rings (SSSR count). The van der Waals surface area contributed by atoms with E-state index in [1.54, 1.807) is 6.92 Å². The highest BCUT2D eigenvalue weighted by atomic mass is 35.5. The largest absolute Gasteiger partial charge is 0.416 e. The summed E-state index contributed by atoms with van der Waals surface area (Å²) < 4.78 is 38.8. The highest BCUT2D eigenvalue weighted by Crippen LogP contribution is 2.34. The molecule has 128 valence electrons. The summed E-state index contributed by atoms with van der Waals surface area (Å²) in [4.78, 5) is 8.29. The van der Waals surface area contributed by atoms with Crippen LogP contribution in [0, 0.1) is 0 Å². The zero-order valence-electron chi connectivity index (χ0n) is 12.7. The van der Waals surface area contributed by atoms with E-state index in [0.717, 1.165) is 23.4 Å². The number of hydrogen-bond donors (Lipinski definition) is 3. The van der Waals surface area contributed by atoms with Gasteiger partial charge in [0.1, 0.15) is 5.82 Å². The first-order valence-electron chi connectivity index (χ1n) is 7.24. The van der Waals surface area contributed by atoms with Crippen LogP contribution in [-0.4, -0.2) is 9.97 Å². The average molecular weight is 358 g/mol. The van der Waals surface area contributed by atoms with Crippen LogP contribution in [-0.2, 0) is 19.3 Å². The van der Waals surface area contributed by atoms with E-state index >= 15 is 0 Å². The van der Waals surface area contributed by atoms with Crippen LogP contribution in [0.3, 0.4) is 0 Å². The third-order valence-corrected chi connectivity index (χ3v) is 3.99. The summed E-state index contributed by atoms with van der Waals surface area (Å²) in [5, 5.41) is 6.34. The minimum Gasteiger partial charge on any atom is -0.399 e. The van der Waals surface area contributed by atoms with Crippen molar-refractivity contribution in [2.75, 3.05) is 11.1 Å². The molecule has 2 heterocycles. The predicted molar refractivity (Wildman–Crippen MR) is 85.5 cm³/mol. The molecule has 0 amide bonds. The summed E-state index contributed by atoms with van der Waals surface area (Å²) >= 11 is 5.91. The van der Waals surface area contributed by atoms with Gasteiger partial charge in [0.2, 0.25) is 5.28 Å². The first kappa shape index (κ1) is 16.8. The normalized spacial score (nSPS) is 15.2. The zero-order chi connectivity index (χ0) is 17.5. The minimum absolute atomic E-state index is 0.0566. The van der Waals surface area contributed by atoms with Crippen LogP contribution in [0.25, 0.3) is 0 Å². The first-order chi connectivity index (χ1) is 11.2. The Balaban J connectivity index is 1.91. The monoisotopic (exact) mass is 357 g/mol. The molecule has 0 radical (unpaired) electrons. The second kappa shape index (κ2) is 6.10. The quantitative estimate of drug-likeness (QED) is 0.579. The van der Waals surface area contributed by atoms with Gasteiger partial charge in [-0.1, -0.05) is 0 Å². The summed E-state index contributed by atoms with van der Waals surface area (Å²) in [5.74, 6) is 0.512. The molecule has 1 aliphatic heterocycles. The van der Waals surface area contributed by atoms with Gasteiger partial charge in [0.25, 0.3) is 0 Å². The highest BCUT2D eigenvalue weighted by molar-refractivity contribution is 6.28. The number of aromatic nitrogens is 2. The SMILES string of the molecule is CC(Nc1nc(Cl)nc2c1CNC2)c1cc(N)cc(C(F)(F)F)c1. The van der Waals surface area contributed by atoms with E-state index in [-0.39, 0.29) is 11.0 Å². The third-order valence-electron chi connectivity index (χ3n) is 3.82. The molecule has 0 bridgehead atoms. The first-order valence-corrected chi connectivity index (χ1v) is 7.62. The second-order valence-electron chi connectivity index (χ2n) is 5.62. The fraction of sp³-hybridized carbons (Fsp3) is 0.333. The van der Waals surface area contributed by atoms with Crippen LogP contribution < -0.4 is 16.4 Å². The Morgan fingerprint density at radius 2 is 2.00 bits per heavy atom. The zero-order valence-corrected chi connectivity index (χ0v) is 13.5. The van der Waals surface area contributed by atoms with Gasteiger partial charge in [-0.2, -0.15) is 13.2 Å². The molecule has 1 unspecified atom stereocenters. The lowest BCUT2D eigenvalue weighted by Gasteiger charge is -2.19. The Morgan fingerprint density at radius 3 is 2.71 bits per heavy atom. The molecule has 24 heavy (non-hydrogen) atoms. The summed E-state index contributed by atoms with van der Waals surface area (Å²) in [5.41, 5.74) is 6.96. The lowest BCUT2D eigenvalue weighted by Crippen LogP contribution is -2.13. The Bertz CT molecular complexity index is 778. The summed E-state index contributed by atoms with van der Waals surface area (Å²) in [6.07, 6.45) is -4.45. The molecule has 0 spiro atoms. The molecule has 2 aromatic rings. The van der Waals surface area contributed by atoms with Crippen molar-refractivity contribution in [2.24, 2.45) is 0 Å². The van der Waals surface area contributed by atoms with Crippen LogP contribution in [0.5, 0.6) is 0 Å². The van der Waals surface area contributed by atoms with Crippen LogP contribution in [0.15, 0.2) is 18.2 Å². The number of hydrogen-bond acceptors (Lipinski definition) is 5. The molecule has 0 saturated heterocycles. The topological polar surface area (TPSA) is 75.9 Å². The number of nitrogens with one attached hydrogen (secondary N) is 2. The van der Waals surface area contributed by atoms with Crippen LogP contribution in [0.2, 0.25) is 5.28 Å². The van der Waals surface area contributed by atoms with E-state index in [9.17, 15) is 13.2 Å². The van der Waals surface area contributed by atoms with E-state index in [0.29, 0.717) is 24.5 Å². The number of halogens is 4. The number of anilines is 2. The molecule has 0 aliphatic carbocycles. The maximum Gasteiger partial charge on any atom is 0.416 e. The molecular weight excluding hydrogens is 343 g/mol. The molecular formula is C15H15ClF3N5. The highest BCUT2D eigenvalue weighted by Gasteiger charge is 2.31. The van der Waals surface area contributed by atoms with Crippen molar-refractivity contribution in [1.82, 2.24) is 15.3 Å². The maximum absolute atomic E-state index is 12.9. The van der Waals surface area contributed by atoms with Gasteiger partial charge in [0.15, 0.2) is 0 Å². The van der Waals surface area contributed by atoms with Gasteiger partial charge < -0.3 is 16.4 Å². The van der Waals surface area contributed by atoms with Crippen LogP contribution in [0.4, 0.5) is 24.7 Å². The average Bonchev–Trinajstić information content (AvgIpc) is 2.93. The van der Waals surface area contributed by atoms with Crippen molar-refractivity contribution in [2.45, 2.75) is 32.2 Å². The van der Waals surface area contributed by atoms with Crippen molar-refractivity contribution in [1.29, 1.82) is 0 Å². The lowest BCUT2D eigenvalue weighted by atomic mass is 10.0. The standard InChI is InChI=1S/C15H15ClF3N5/c1-7(8-2-9(15(17,18)19)4-10(20)3-8)22-13-11-5-21-6-12(11)23-14(16)24-13/h2-4,7,21H,5-6,20H2,1H3,(H,22,23,24). The van der Waals surface area contributed by atoms with Crippen molar-refractivity contribution in [3.05, 3.63) is 45.9 Å². The number of fused-ring (bicyclic) bond motifs is 1. The molecule has 9 heteroatoms. The van der Waals surface area contributed by atoms with Crippen LogP contribution >= 0.6 is 11.6 Å². The number of nitrogen functional groups attached to an aromatic ring is 1. The molecule has 1 aromatic carbocycles. The van der Waals surface area contributed by atoms with Gasteiger partial charge >= 0.3 is 6.18 Å². The van der Waals surface area contributed by atoms with Crippen molar-refractivity contribution in [3.8, 4) is 0 Å². The van der Waals surface area contributed by atoms with E-state index in [2.05, 4.69) is 20.6 Å². The summed E-state index contributed by atoms with van der Waals surface area (Å²) in [6.45, 7) is 2.89. The fourth-order valence-electron chi connectivity index (χ4n) is 2.64. The molecule has 0 saturated carbocycles. The van der Waals surface area contributed by atoms with Gasteiger partial charge in [-0.3, -0.25) is 0 Å². The van der Waals surface area contributed by atoms with Gasteiger partial charge in [-0.05, 0) is 42.3 Å². The summed E-state index contributed by atoms with van der Waals surface area (Å²) in [7, 11) is 0. The van der Waals surface area contributed by atoms with Gasteiger partial charge in [-0.15, -0.1) is 0 Å². The predicted octanol–water partition coefficient (Wildman–Crippen LogP) is 3.51. The fourth-order valence-corrected chi connectivity index (χ4v) is 2.82. The number of nitrogens with two attached hydrogens (primary N) is 1. The number of alkyl halides is 3. The number of nitrogens with zero attached hydrogens (tertiary/aromatic N) is 2. The molecule has 1 atom stereocenters. The van der Waals surface area contributed by atoms with Gasteiger partial charge in [-0.25, -0.2) is 9.97 Å². The molecule has 1 aromatic heterocycles. The Labute approximate surface area is 141 Å². The molecule has 0 fully saturated rings. The molecule has 1 aliphatic rings. The minimum atomic E-state index is -4.45. The van der Waals surface area contributed by atoms with E-state index in [1.165, 1.54) is 6.07 Å². The van der Waals surface area contributed by atoms with Gasteiger partial charge in [0, 0.05) is 24.3 Å². The summed E-state index contributed by atoms with van der Waals surface area (Å²) in [6, 6.07) is 3.06.